The van der Waals surface area contributed by atoms with E-state index in [4.69, 9.17) is 0 Å². The number of rotatable bonds is 6. The Kier molecular flexibility index (Phi) is 6.79. The Morgan fingerprint density at radius 3 is 2.48 bits per heavy atom. The van der Waals surface area contributed by atoms with E-state index < -0.39 is 0 Å². The summed E-state index contributed by atoms with van der Waals surface area (Å²) in [6, 6.07) is 15.8. The SMILES string of the molecule is Cc1c(NC(=O)C(C)N2CCC(Cc3cccc(F)c3)CC2)c(=O)n(-c2ccccc2)n1C. The Hall–Kier alpha value is -3.19. The van der Waals surface area contributed by atoms with E-state index in [1.807, 2.05) is 57.3 Å². The molecule has 6 nitrogen and oxygen atoms in total. The van der Waals surface area contributed by atoms with Crippen LogP contribution < -0.4 is 10.9 Å². The molecule has 2 heterocycles. The highest BCUT2D eigenvalue weighted by atomic mass is 19.1. The van der Waals surface area contributed by atoms with Crippen LogP contribution in [0.1, 0.15) is 31.0 Å². The molecule has 0 radical (unpaired) electrons. The normalized spacial score (nSPS) is 16.0. The van der Waals surface area contributed by atoms with Crippen molar-refractivity contribution in [3.8, 4) is 5.69 Å². The first-order valence-corrected chi connectivity index (χ1v) is 11.5. The summed E-state index contributed by atoms with van der Waals surface area (Å²) in [5.74, 6) is 0.107. The minimum atomic E-state index is -0.343. The zero-order chi connectivity index (χ0) is 23.5. The number of aromatic nitrogens is 2. The van der Waals surface area contributed by atoms with Crippen molar-refractivity contribution in [1.82, 2.24) is 14.3 Å². The Labute approximate surface area is 193 Å². The van der Waals surface area contributed by atoms with Crippen molar-refractivity contribution in [2.75, 3.05) is 18.4 Å². The summed E-state index contributed by atoms with van der Waals surface area (Å²) in [7, 11) is 1.81. The van der Waals surface area contributed by atoms with Gasteiger partial charge in [0.25, 0.3) is 5.56 Å². The monoisotopic (exact) mass is 450 g/mol. The van der Waals surface area contributed by atoms with Gasteiger partial charge in [-0.3, -0.25) is 19.2 Å². The highest BCUT2D eigenvalue weighted by Gasteiger charge is 2.28. The van der Waals surface area contributed by atoms with Crippen LogP contribution in [0.15, 0.2) is 59.4 Å². The van der Waals surface area contributed by atoms with E-state index in [2.05, 4.69) is 10.2 Å². The first-order chi connectivity index (χ1) is 15.8. The van der Waals surface area contributed by atoms with Crippen LogP contribution in [-0.4, -0.2) is 39.3 Å². The molecule has 0 bridgehead atoms. The van der Waals surface area contributed by atoms with Crippen LogP contribution in [0, 0.1) is 18.7 Å². The van der Waals surface area contributed by atoms with Crippen LogP contribution in [-0.2, 0) is 18.3 Å². The van der Waals surface area contributed by atoms with Gasteiger partial charge in [0.2, 0.25) is 5.91 Å². The highest BCUT2D eigenvalue weighted by molar-refractivity contribution is 5.95. The smallest absolute Gasteiger partial charge is 0.295 e. The number of benzene rings is 2. The molecule has 0 saturated carbocycles. The van der Waals surface area contributed by atoms with Gasteiger partial charge in [0.15, 0.2) is 0 Å². The molecule has 1 unspecified atom stereocenters. The number of nitrogens with zero attached hydrogens (tertiary/aromatic N) is 3. The van der Waals surface area contributed by atoms with E-state index in [0.29, 0.717) is 17.3 Å². The van der Waals surface area contributed by atoms with E-state index >= 15 is 0 Å². The Balaban J connectivity index is 1.39. The summed E-state index contributed by atoms with van der Waals surface area (Å²) >= 11 is 0. The molecule has 1 amide bonds. The molecule has 3 aromatic rings. The molecule has 1 aromatic heterocycles. The number of carbonyl (C=O) groups excluding carboxylic acids is 1. The second-order valence-electron chi connectivity index (χ2n) is 8.92. The largest absolute Gasteiger partial charge is 0.319 e. The summed E-state index contributed by atoms with van der Waals surface area (Å²) in [5, 5.41) is 2.89. The average molecular weight is 451 g/mol. The van der Waals surface area contributed by atoms with Gasteiger partial charge in [-0.2, -0.15) is 0 Å². The third-order valence-corrected chi connectivity index (χ3v) is 6.79. The summed E-state index contributed by atoms with van der Waals surface area (Å²) in [4.78, 5) is 28.3. The maximum atomic E-state index is 13.5. The number of likely N-dealkylation sites (tertiary alicyclic amines) is 1. The minimum absolute atomic E-state index is 0.176. The molecule has 33 heavy (non-hydrogen) atoms. The first kappa shape index (κ1) is 23.0. The number of para-hydroxylation sites is 1. The Morgan fingerprint density at radius 1 is 1.12 bits per heavy atom. The molecule has 1 aliphatic rings. The lowest BCUT2D eigenvalue weighted by Gasteiger charge is -2.35. The van der Waals surface area contributed by atoms with Crippen molar-refractivity contribution < 1.29 is 9.18 Å². The van der Waals surface area contributed by atoms with Gasteiger partial charge in [0.1, 0.15) is 11.5 Å². The lowest BCUT2D eigenvalue weighted by Crippen LogP contribution is -2.46. The fourth-order valence-electron chi connectivity index (χ4n) is 4.65. The zero-order valence-electron chi connectivity index (χ0n) is 19.4. The van der Waals surface area contributed by atoms with Crippen LogP contribution in [0.3, 0.4) is 0 Å². The minimum Gasteiger partial charge on any atom is -0.319 e. The molecule has 1 atom stereocenters. The fraction of sp³-hybridized carbons (Fsp3) is 0.385. The molecule has 1 saturated heterocycles. The number of hydrogen-bond donors (Lipinski definition) is 1. The number of hydrogen-bond acceptors (Lipinski definition) is 3. The van der Waals surface area contributed by atoms with Crippen LogP contribution in [0.5, 0.6) is 0 Å². The fourth-order valence-corrected chi connectivity index (χ4v) is 4.65. The Bertz CT molecular complexity index is 1180. The predicted octanol–water partition coefficient (Wildman–Crippen LogP) is 3.91. The molecule has 7 heteroatoms. The molecule has 0 aliphatic carbocycles. The molecular formula is C26H31FN4O2. The number of piperidine rings is 1. The summed E-state index contributed by atoms with van der Waals surface area (Å²) in [6.45, 7) is 5.32. The number of nitrogens with one attached hydrogen (secondary N) is 1. The number of anilines is 1. The number of carbonyl (C=O) groups is 1. The van der Waals surface area contributed by atoms with Gasteiger partial charge in [-0.1, -0.05) is 30.3 Å². The summed E-state index contributed by atoms with van der Waals surface area (Å²) in [6.07, 6.45) is 2.77. The second kappa shape index (κ2) is 9.75. The third-order valence-electron chi connectivity index (χ3n) is 6.79. The summed E-state index contributed by atoms with van der Waals surface area (Å²) < 4.78 is 16.8. The van der Waals surface area contributed by atoms with Crippen molar-refractivity contribution in [3.63, 3.8) is 0 Å². The van der Waals surface area contributed by atoms with Crippen LogP contribution in [0.2, 0.25) is 0 Å². The first-order valence-electron chi connectivity index (χ1n) is 11.5. The highest BCUT2D eigenvalue weighted by Crippen LogP contribution is 2.24. The standard InChI is InChI=1S/C26H31FN4O2/c1-18-24(26(33)31(29(18)3)23-10-5-4-6-11-23)28-25(32)19(2)30-14-12-20(13-15-30)16-21-8-7-9-22(27)17-21/h4-11,17,19-20H,12-16H2,1-3H3,(H,28,32). The van der Waals surface area contributed by atoms with Crippen LogP contribution in [0.4, 0.5) is 10.1 Å². The number of amides is 1. The lowest BCUT2D eigenvalue weighted by molar-refractivity contribution is -0.121. The maximum absolute atomic E-state index is 13.5. The third kappa shape index (κ3) is 4.93. The van der Waals surface area contributed by atoms with Crippen LogP contribution in [0.25, 0.3) is 5.69 Å². The van der Waals surface area contributed by atoms with Gasteiger partial charge in [0.05, 0.1) is 17.4 Å². The van der Waals surface area contributed by atoms with E-state index in [9.17, 15) is 14.0 Å². The second-order valence-corrected chi connectivity index (χ2v) is 8.92. The van der Waals surface area contributed by atoms with Gasteiger partial charge in [-0.25, -0.2) is 9.07 Å². The molecule has 1 aliphatic heterocycles. The van der Waals surface area contributed by atoms with Crippen molar-refractivity contribution >= 4 is 11.6 Å². The van der Waals surface area contributed by atoms with Gasteiger partial charge < -0.3 is 5.32 Å². The van der Waals surface area contributed by atoms with E-state index in [1.54, 1.807) is 21.5 Å². The topological polar surface area (TPSA) is 59.3 Å². The molecule has 1 fully saturated rings. The zero-order valence-corrected chi connectivity index (χ0v) is 19.4. The van der Waals surface area contributed by atoms with E-state index in [-0.39, 0.29) is 23.3 Å². The van der Waals surface area contributed by atoms with Crippen molar-refractivity contribution in [3.05, 3.63) is 82.0 Å². The number of halogens is 1. The summed E-state index contributed by atoms with van der Waals surface area (Å²) in [5.41, 5.74) is 2.56. The van der Waals surface area contributed by atoms with E-state index in [1.165, 1.54) is 6.07 Å². The molecule has 0 spiro atoms. The molecular weight excluding hydrogens is 419 g/mol. The van der Waals surface area contributed by atoms with Gasteiger partial charge in [0, 0.05) is 7.05 Å². The predicted molar refractivity (Wildman–Crippen MR) is 128 cm³/mol. The van der Waals surface area contributed by atoms with Crippen molar-refractivity contribution in [2.45, 2.75) is 39.2 Å². The van der Waals surface area contributed by atoms with Crippen molar-refractivity contribution in [2.24, 2.45) is 13.0 Å². The maximum Gasteiger partial charge on any atom is 0.295 e. The van der Waals surface area contributed by atoms with Crippen LogP contribution >= 0.6 is 0 Å². The van der Waals surface area contributed by atoms with Gasteiger partial charge in [-0.05, 0) is 81.9 Å². The molecule has 2 aromatic carbocycles. The van der Waals surface area contributed by atoms with Gasteiger partial charge in [-0.15, -0.1) is 0 Å². The van der Waals surface area contributed by atoms with Gasteiger partial charge >= 0.3 is 0 Å². The van der Waals surface area contributed by atoms with E-state index in [0.717, 1.165) is 43.6 Å². The van der Waals surface area contributed by atoms with Crippen molar-refractivity contribution in [1.29, 1.82) is 0 Å². The Morgan fingerprint density at radius 2 is 1.82 bits per heavy atom. The quantitative estimate of drug-likeness (QED) is 0.620. The average Bonchev–Trinajstić information content (AvgIpc) is 3.02. The molecule has 4 rings (SSSR count). The molecule has 1 N–H and O–H groups in total. The lowest BCUT2D eigenvalue weighted by atomic mass is 9.89. The molecule has 174 valence electrons.